The maximum absolute atomic E-state index is 12.4. The van der Waals surface area contributed by atoms with Crippen LogP contribution in [0.15, 0.2) is 34.4 Å². The van der Waals surface area contributed by atoms with Gasteiger partial charge >= 0.3 is 4.87 Å². The molecule has 124 valence electrons. The fourth-order valence-electron chi connectivity index (χ4n) is 2.34. The Morgan fingerprint density at radius 2 is 1.96 bits per heavy atom. The molecular formula is C17H22N2O3S. The van der Waals surface area contributed by atoms with Gasteiger partial charge in [-0.15, -0.1) is 0 Å². The number of aliphatic hydroxyl groups is 1. The van der Waals surface area contributed by atoms with Gasteiger partial charge in [-0.2, -0.15) is 0 Å². The van der Waals surface area contributed by atoms with E-state index < -0.39 is 6.10 Å². The minimum absolute atomic E-state index is 0.0165. The Bertz CT molecular complexity index is 718. The van der Waals surface area contributed by atoms with Crippen LogP contribution in [0.1, 0.15) is 29.8 Å². The molecule has 0 spiro atoms. The number of aliphatic hydroxyl groups excluding tert-OH is 1. The lowest BCUT2D eigenvalue weighted by molar-refractivity contribution is -0.133. The van der Waals surface area contributed by atoms with Gasteiger partial charge < -0.3 is 10.0 Å². The topological polar surface area (TPSA) is 62.5 Å². The van der Waals surface area contributed by atoms with Crippen LogP contribution in [-0.4, -0.2) is 33.6 Å². The third kappa shape index (κ3) is 4.30. The molecule has 1 N–H and O–H groups in total. The molecule has 2 rings (SSSR count). The van der Waals surface area contributed by atoms with Crippen molar-refractivity contribution in [3.8, 4) is 0 Å². The van der Waals surface area contributed by atoms with Gasteiger partial charge in [0, 0.05) is 17.6 Å². The number of hydrogen-bond acceptors (Lipinski definition) is 4. The molecule has 6 heteroatoms. The summed E-state index contributed by atoms with van der Waals surface area (Å²) in [6.45, 7) is 6.38. The van der Waals surface area contributed by atoms with Gasteiger partial charge in [-0.05, 0) is 26.3 Å². The fourth-order valence-corrected chi connectivity index (χ4v) is 3.08. The van der Waals surface area contributed by atoms with E-state index in [1.165, 1.54) is 4.57 Å². The number of nitrogens with zero attached hydrogens (tertiary/aromatic N) is 2. The summed E-state index contributed by atoms with van der Waals surface area (Å²) in [5, 5.41) is 12.1. The van der Waals surface area contributed by atoms with E-state index in [9.17, 15) is 14.7 Å². The summed E-state index contributed by atoms with van der Waals surface area (Å²) < 4.78 is 1.47. The minimum atomic E-state index is -0.736. The molecule has 0 aliphatic rings. The first-order valence-electron chi connectivity index (χ1n) is 7.59. The van der Waals surface area contributed by atoms with Crippen molar-refractivity contribution < 1.29 is 9.90 Å². The standard InChI is InChI=1S/C17H22N2O3S/c1-4-18(9-15(20)14-7-5-12(2)6-8-14)16(21)10-19-13(3)11-23-17(19)22/h5-8,11,15,20H,4,9-10H2,1-3H3. The second-order valence-electron chi connectivity index (χ2n) is 5.59. The number of aryl methyl sites for hydroxylation is 2. The Labute approximate surface area is 139 Å². The number of hydrogen-bond donors (Lipinski definition) is 1. The molecular weight excluding hydrogens is 312 g/mol. The van der Waals surface area contributed by atoms with Crippen LogP contribution in [0.5, 0.6) is 0 Å². The highest BCUT2D eigenvalue weighted by Crippen LogP contribution is 2.15. The maximum atomic E-state index is 12.4. The van der Waals surface area contributed by atoms with E-state index in [0.29, 0.717) is 6.54 Å². The number of likely N-dealkylation sites (N-methyl/N-ethyl adjacent to an activating group) is 1. The van der Waals surface area contributed by atoms with E-state index >= 15 is 0 Å². The van der Waals surface area contributed by atoms with Crippen LogP contribution in [0.25, 0.3) is 0 Å². The summed E-state index contributed by atoms with van der Waals surface area (Å²) >= 11 is 1.09. The van der Waals surface area contributed by atoms with E-state index in [4.69, 9.17) is 0 Å². The molecule has 0 saturated heterocycles. The van der Waals surface area contributed by atoms with Crippen molar-refractivity contribution in [2.75, 3.05) is 13.1 Å². The SMILES string of the molecule is CCN(CC(O)c1ccc(C)cc1)C(=O)Cn1c(C)csc1=O. The summed E-state index contributed by atoms with van der Waals surface area (Å²) in [4.78, 5) is 25.6. The van der Waals surface area contributed by atoms with Crippen molar-refractivity contribution in [3.05, 3.63) is 56.1 Å². The summed E-state index contributed by atoms with van der Waals surface area (Å²) in [5.74, 6) is -0.165. The first-order chi connectivity index (χ1) is 10.9. The molecule has 5 nitrogen and oxygen atoms in total. The van der Waals surface area contributed by atoms with Crippen LogP contribution in [0, 0.1) is 13.8 Å². The lowest BCUT2D eigenvalue weighted by atomic mass is 10.1. The predicted octanol–water partition coefficient (Wildman–Crippen LogP) is 2.11. The highest BCUT2D eigenvalue weighted by atomic mass is 32.1. The molecule has 1 atom stereocenters. The zero-order valence-corrected chi connectivity index (χ0v) is 14.5. The highest BCUT2D eigenvalue weighted by molar-refractivity contribution is 7.07. The Morgan fingerprint density at radius 3 is 2.48 bits per heavy atom. The molecule has 0 saturated carbocycles. The molecule has 2 aromatic rings. The molecule has 0 radical (unpaired) electrons. The number of carbonyl (C=O) groups is 1. The minimum Gasteiger partial charge on any atom is -0.387 e. The Balaban J connectivity index is 2.05. The number of aromatic nitrogens is 1. The van der Waals surface area contributed by atoms with Gasteiger partial charge in [-0.25, -0.2) is 0 Å². The van der Waals surface area contributed by atoms with Gasteiger partial charge in [-0.3, -0.25) is 14.2 Å². The third-order valence-corrected chi connectivity index (χ3v) is 4.74. The van der Waals surface area contributed by atoms with Gasteiger partial charge in [0.2, 0.25) is 5.91 Å². The summed E-state index contributed by atoms with van der Waals surface area (Å²) in [6.07, 6.45) is -0.736. The van der Waals surface area contributed by atoms with E-state index in [1.54, 1.807) is 10.3 Å². The van der Waals surface area contributed by atoms with E-state index in [-0.39, 0.29) is 23.9 Å². The van der Waals surface area contributed by atoms with Crippen molar-refractivity contribution in [1.82, 2.24) is 9.47 Å². The fraction of sp³-hybridized carbons (Fsp3) is 0.412. The molecule has 0 aliphatic heterocycles. The van der Waals surface area contributed by atoms with Crippen LogP contribution in [0.4, 0.5) is 0 Å². The molecule has 0 bridgehead atoms. The number of carbonyl (C=O) groups excluding carboxylic acids is 1. The molecule has 23 heavy (non-hydrogen) atoms. The molecule has 0 aliphatic carbocycles. The smallest absolute Gasteiger partial charge is 0.307 e. The van der Waals surface area contributed by atoms with Crippen molar-refractivity contribution in [3.63, 3.8) is 0 Å². The first kappa shape index (κ1) is 17.4. The van der Waals surface area contributed by atoms with Gasteiger partial charge in [0.1, 0.15) is 6.54 Å². The highest BCUT2D eigenvalue weighted by Gasteiger charge is 2.19. The Hall–Kier alpha value is -1.92. The maximum Gasteiger partial charge on any atom is 0.307 e. The zero-order valence-electron chi connectivity index (χ0n) is 13.7. The number of rotatable bonds is 6. The van der Waals surface area contributed by atoms with Crippen molar-refractivity contribution in [2.45, 2.75) is 33.4 Å². The largest absolute Gasteiger partial charge is 0.387 e. The third-order valence-electron chi connectivity index (χ3n) is 3.86. The van der Waals surface area contributed by atoms with Crippen LogP contribution in [0.3, 0.4) is 0 Å². The molecule has 1 amide bonds. The molecule has 1 aromatic heterocycles. The lowest BCUT2D eigenvalue weighted by Gasteiger charge is -2.24. The number of thiazole rings is 1. The number of amides is 1. The van der Waals surface area contributed by atoms with Crippen LogP contribution < -0.4 is 4.87 Å². The van der Waals surface area contributed by atoms with Crippen LogP contribution in [0.2, 0.25) is 0 Å². The summed E-state index contributed by atoms with van der Waals surface area (Å²) in [6, 6.07) is 7.60. The average Bonchev–Trinajstić information content (AvgIpc) is 2.84. The van der Waals surface area contributed by atoms with Crippen LogP contribution >= 0.6 is 11.3 Å². The monoisotopic (exact) mass is 334 g/mol. The second-order valence-corrected chi connectivity index (χ2v) is 6.41. The van der Waals surface area contributed by atoms with Crippen molar-refractivity contribution >= 4 is 17.2 Å². The average molecular weight is 334 g/mol. The van der Waals surface area contributed by atoms with Crippen molar-refractivity contribution in [1.29, 1.82) is 0 Å². The first-order valence-corrected chi connectivity index (χ1v) is 8.47. The Morgan fingerprint density at radius 1 is 1.30 bits per heavy atom. The quantitative estimate of drug-likeness (QED) is 0.880. The second kappa shape index (κ2) is 7.57. The van der Waals surface area contributed by atoms with Gasteiger partial charge in [0.15, 0.2) is 0 Å². The normalized spacial score (nSPS) is 12.2. The molecule has 1 heterocycles. The van der Waals surface area contributed by atoms with E-state index in [1.807, 2.05) is 45.0 Å². The van der Waals surface area contributed by atoms with Gasteiger partial charge in [0.05, 0.1) is 12.6 Å². The molecule has 1 aromatic carbocycles. The van der Waals surface area contributed by atoms with E-state index in [0.717, 1.165) is 28.2 Å². The van der Waals surface area contributed by atoms with Crippen molar-refractivity contribution in [2.24, 2.45) is 0 Å². The molecule has 0 fully saturated rings. The zero-order chi connectivity index (χ0) is 17.0. The number of benzene rings is 1. The van der Waals surface area contributed by atoms with Gasteiger partial charge in [0.25, 0.3) is 0 Å². The summed E-state index contributed by atoms with van der Waals surface area (Å²) in [7, 11) is 0. The van der Waals surface area contributed by atoms with Crippen LogP contribution in [-0.2, 0) is 11.3 Å². The van der Waals surface area contributed by atoms with E-state index in [2.05, 4.69) is 0 Å². The van der Waals surface area contributed by atoms with Gasteiger partial charge in [-0.1, -0.05) is 41.2 Å². The molecule has 1 unspecified atom stereocenters. The Kier molecular flexibility index (Phi) is 5.74. The summed E-state index contributed by atoms with van der Waals surface area (Å²) in [5.41, 5.74) is 2.69. The lowest BCUT2D eigenvalue weighted by Crippen LogP contribution is -2.38. The predicted molar refractivity (Wildman–Crippen MR) is 91.7 cm³/mol.